The molecule has 2 aromatic heterocycles. The zero-order valence-corrected chi connectivity index (χ0v) is 10.5. The van der Waals surface area contributed by atoms with Crippen molar-refractivity contribution in [1.82, 2.24) is 19.5 Å². The molecular weight excluding hydrogens is 244 g/mol. The van der Waals surface area contributed by atoms with Gasteiger partial charge in [-0.1, -0.05) is 0 Å². The Balaban J connectivity index is 2.36. The van der Waals surface area contributed by atoms with Gasteiger partial charge in [0.25, 0.3) is 0 Å². The molecule has 1 aliphatic rings. The largest absolute Gasteiger partial charge is 0.478 e. The van der Waals surface area contributed by atoms with Gasteiger partial charge in [0.15, 0.2) is 11.4 Å². The van der Waals surface area contributed by atoms with Crippen LogP contribution in [-0.2, 0) is 0 Å². The molecule has 6 heteroatoms. The van der Waals surface area contributed by atoms with E-state index in [4.69, 9.17) is 0 Å². The molecule has 0 saturated heterocycles. The lowest BCUT2D eigenvalue weighted by Gasteiger charge is -2.13. The van der Waals surface area contributed by atoms with Crippen molar-refractivity contribution in [3.05, 3.63) is 46.8 Å². The topological polar surface area (TPSA) is 79.0 Å². The van der Waals surface area contributed by atoms with Gasteiger partial charge in [-0.05, 0) is 11.9 Å². The average molecular weight is 255 g/mol. The number of rotatable bonds is 2. The van der Waals surface area contributed by atoms with Crippen molar-refractivity contribution in [3.8, 4) is 0 Å². The number of carboxylic acids is 1. The van der Waals surface area contributed by atoms with E-state index in [-0.39, 0.29) is 5.56 Å². The Morgan fingerprint density at radius 1 is 1.26 bits per heavy atom. The standard InChI is InChI=1S/C13H10N4O2/c1-7-3-10(13(18)19)11-8(2)17(12(11)16-7)9-4-14-6-15-5-9/h3-6H,1-2H3/p+1. The molecule has 2 aromatic rings. The predicted octanol–water partition coefficient (Wildman–Crippen LogP) is -0.157. The third-order valence-corrected chi connectivity index (χ3v) is 3.07. The monoisotopic (exact) mass is 255 g/mol. The highest BCUT2D eigenvalue weighted by Crippen LogP contribution is 2.12. The van der Waals surface area contributed by atoms with E-state index in [0.717, 1.165) is 11.4 Å². The van der Waals surface area contributed by atoms with Gasteiger partial charge >= 0.3 is 11.5 Å². The molecule has 0 aromatic carbocycles. The molecule has 6 nitrogen and oxygen atoms in total. The summed E-state index contributed by atoms with van der Waals surface area (Å²) in [6.45, 7) is 3.64. The highest BCUT2D eigenvalue weighted by atomic mass is 16.4. The minimum Gasteiger partial charge on any atom is -0.478 e. The number of hydrogen-bond acceptors (Lipinski definition) is 4. The predicted molar refractivity (Wildman–Crippen MR) is 67.2 cm³/mol. The van der Waals surface area contributed by atoms with Gasteiger partial charge in [0.1, 0.15) is 17.2 Å². The number of carbonyl (C=O) groups is 1. The van der Waals surface area contributed by atoms with Gasteiger partial charge < -0.3 is 5.11 Å². The van der Waals surface area contributed by atoms with E-state index in [1.54, 1.807) is 25.4 Å². The molecule has 0 spiro atoms. The molecule has 0 amide bonds. The van der Waals surface area contributed by atoms with Crippen LogP contribution in [0.1, 0.15) is 23.0 Å². The first-order valence-corrected chi connectivity index (χ1v) is 5.73. The molecule has 0 fully saturated rings. The first-order chi connectivity index (χ1) is 9.09. The van der Waals surface area contributed by atoms with Crippen LogP contribution >= 0.6 is 0 Å². The molecule has 0 radical (unpaired) electrons. The molecule has 0 bridgehead atoms. The molecule has 1 N–H and O–H groups in total. The summed E-state index contributed by atoms with van der Waals surface area (Å²) in [6, 6.07) is 1.59. The minimum atomic E-state index is -0.940. The highest BCUT2D eigenvalue weighted by molar-refractivity contribution is 5.89. The number of carboxylic acid groups (broad SMARTS) is 1. The smallest absolute Gasteiger partial charge is 0.340 e. The van der Waals surface area contributed by atoms with Crippen LogP contribution < -0.4 is 15.3 Å². The Kier molecular flexibility index (Phi) is 2.38. The van der Waals surface area contributed by atoms with Gasteiger partial charge in [0.05, 0.1) is 18.0 Å². The van der Waals surface area contributed by atoms with Crippen LogP contribution in [0.4, 0.5) is 5.69 Å². The van der Waals surface area contributed by atoms with Crippen molar-refractivity contribution in [2.24, 2.45) is 0 Å². The summed E-state index contributed by atoms with van der Waals surface area (Å²) in [7, 11) is 0. The van der Waals surface area contributed by atoms with E-state index in [2.05, 4.69) is 15.0 Å². The maximum absolute atomic E-state index is 11.3. The fourth-order valence-electron chi connectivity index (χ4n) is 2.28. The summed E-state index contributed by atoms with van der Waals surface area (Å²) in [5.74, 6) is -0.940. The van der Waals surface area contributed by atoms with Gasteiger partial charge in [-0.3, -0.25) is 0 Å². The Morgan fingerprint density at radius 3 is 2.58 bits per heavy atom. The number of pyridine rings is 1. The molecule has 0 unspecified atom stereocenters. The summed E-state index contributed by atoms with van der Waals surface area (Å²) in [5, 5.41) is 9.92. The van der Waals surface area contributed by atoms with Crippen molar-refractivity contribution in [2.75, 3.05) is 0 Å². The third-order valence-electron chi connectivity index (χ3n) is 3.07. The summed E-state index contributed by atoms with van der Waals surface area (Å²) >= 11 is 0. The Labute approximate surface area is 108 Å². The van der Waals surface area contributed by atoms with Gasteiger partial charge in [0, 0.05) is 13.0 Å². The second kappa shape index (κ2) is 3.94. The normalized spacial score (nSPS) is 12.9. The van der Waals surface area contributed by atoms with Gasteiger partial charge in [-0.15, -0.1) is 0 Å². The number of aryl methyl sites for hydroxylation is 1. The zero-order chi connectivity index (χ0) is 13.6. The molecular formula is C13H11N4O2+. The quantitative estimate of drug-likeness (QED) is 0.754. The van der Waals surface area contributed by atoms with Gasteiger partial charge in [-0.2, -0.15) is 4.58 Å². The molecule has 94 valence electrons. The number of nitrogens with zero attached hydrogens (tertiary/aromatic N) is 4. The average Bonchev–Trinajstić information content (AvgIpc) is 2.38. The first kappa shape index (κ1) is 11.5. The van der Waals surface area contributed by atoms with Crippen LogP contribution in [-0.4, -0.2) is 26.0 Å². The van der Waals surface area contributed by atoms with Crippen LogP contribution in [0.25, 0.3) is 5.70 Å². The van der Waals surface area contributed by atoms with E-state index < -0.39 is 5.97 Å². The zero-order valence-electron chi connectivity index (χ0n) is 10.5. The molecule has 1 aliphatic heterocycles. The summed E-state index contributed by atoms with van der Waals surface area (Å²) in [4.78, 5) is 23.6. The second-order valence-corrected chi connectivity index (χ2v) is 4.33. The Bertz CT molecular complexity index is 813. The van der Waals surface area contributed by atoms with E-state index in [1.807, 2.05) is 11.5 Å². The van der Waals surface area contributed by atoms with E-state index >= 15 is 0 Å². The summed E-state index contributed by atoms with van der Waals surface area (Å²) < 4.78 is 1.86. The third kappa shape index (κ3) is 1.61. The fourth-order valence-corrected chi connectivity index (χ4v) is 2.28. The van der Waals surface area contributed by atoms with Crippen molar-refractivity contribution in [2.45, 2.75) is 13.8 Å². The van der Waals surface area contributed by atoms with Crippen molar-refractivity contribution in [1.29, 1.82) is 0 Å². The number of aromatic carboxylic acids is 1. The van der Waals surface area contributed by atoms with Crippen molar-refractivity contribution >= 4 is 17.4 Å². The maximum Gasteiger partial charge on any atom is 0.340 e. The minimum absolute atomic E-state index is 0.285. The number of aromatic nitrogens is 3. The maximum atomic E-state index is 11.3. The fraction of sp³-hybridized carbons (Fsp3) is 0.154. The summed E-state index contributed by atoms with van der Waals surface area (Å²) in [6.07, 6.45) is 4.79. The lowest BCUT2D eigenvalue weighted by molar-refractivity contribution is 0.0694. The molecule has 3 heterocycles. The van der Waals surface area contributed by atoms with Crippen LogP contribution in [0.5, 0.6) is 0 Å². The van der Waals surface area contributed by atoms with Crippen molar-refractivity contribution < 1.29 is 9.90 Å². The molecule has 0 saturated carbocycles. The SMILES string of the molecule is CC1=c2c(C(=O)O)cc(C)nc2=[N+]1c1cncnc1. The van der Waals surface area contributed by atoms with E-state index in [9.17, 15) is 9.90 Å². The van der Waals surface area contributed by atoms with Crippen LogP contribution in [0.3, 0.4) is 0 Å². The molecule has 0 atom stereocenters. The number of fused-ring (bicyclic) bond motifs is 1. The lowest BCUT2D eigenvalue weighted by atomic mass is 10.1. The second-order valence-electron chi connectivity index (χ2n) is 4.33. The first-order valence-electron chi connectivity index (χ1n) is 5.73. The highest BCUT2D eigenvalue weighted by Gasteiger charge is 2.29. The lowest BCUT2D eigenvalue weighted by Crippen LogP contribution is -2.53. The van der Waals surface area contributed by atoms with E-state index in [1.165, 1.54) is 6.33 Å². The van der Waals surface area contributed by atoms with Crippen molar-refractivity contribution in [3.63, 3.8) is 0 Å². The molecule has 3 rings (SSSR count). The van der Waals surface area contributed by atoms with Gasteiger partial charge in [0.2, 0.25) is 0 Å². The van der Waals surface area contributed by atoms with Gasteiger partial charge in [-0.25, -0.2) is 14.8 Å². The van der Waals surface area contributed by atoms with Crippen LogP contribution in [0.2, 0.25) is 0 Å². The summed E-state index contributed by atoms with van der Waals surface area (Å²) in [5.41, 5.74) is 3.22. The molecule has 19 heavy (non-hydrogen) atoms. The molecule has 0 aliphatic carbocycles. The van der Waals surface area contributed by atoms with Crippen LogP contribution in [0.15, 0.2) is 24.8 Å². The number of hydrogen-bond donors (Lipinski definition) is 1. The van der Waals surface area contributed by atoms with E-state index in [0.29, 0.717) is 16.4 Å². The van der Waals surface area contributed by atoms with Crippen LogP contribution in [0, 0.1) is 6.92 Å². The Hall–Kier alpha value is -2.63. The Morgan fingerprint density at radius 2 is 1.95 bits per heavy atom.